The molecule has 0 aliphatic rings. The third-order valence-corrected chi connectivity index (χ3v) is 4.42. The highest BCUT2D eigenvalue weighted by molar-refractivity contribution is 5.99. The number of anilines is 1. The number of amides is 1. The maximum atomic E-state index is 13.0. The molecular weight excluding hydrogens is 370 g/mol. The van der Waals surface area contributed by atoms with Crippen LogP contribution in [-0.2, 0) is 14.3 Å². The second-order valence-corrected chi connectivity index (χ2v) is 7.77. The van der Waals surface area contributed by atoms with E-state index in [0.717, 1.165) is 19.3 Å². The number of ether oxygens (including phenoxy) is 3. The zero-order chi connectivity index (χ0) is 21.9. The Bertz CT molecular complexity index is 649. The van der Waals surface area contributed by atoms with Crippen molar-refractivity contribution in [3.63, 3.8) is 0 Å². The minimum atomic E-state index is -0.914. The lowest BCUT2D eigenvalue weighted by Gasteiger charge is -2.28. The Morgan fingerprint density at radius 3 is 2.45 bits per heavy atom. The van der Waals surface area contributed by atoms with Gasteiger partial charge in [-0.05, 0) is 50.8 Å². The van der Waals surface area contributed by atoms with Crippen molar-refractivity contribution >= 4 is 17.6 Å². The first-order valence-electron chi connectivity index (χ1n) is 10.7. The summed E-state index contributed by atoms with van der Waals surface area (Å²) < 4.78 is 16.8. The molecule has 0 heterocycles. The summed E-state index contributed by atoms with van der Waals surface area (Å²) in [6, 6.07) is 5.03. The van der Waals surface area contributed by atoms with Crippen molar-refractivity contribution in [2.24, 2.45) is 5.92 Å². The van der Waals surface area contributed by atoms with Gasteiger partial charge in [0.15, 0.2) is 0 Å². The van der Waals surface area contributed by atoms with Gasteiger partial charge in [0.25, 0.3) is 5.91 Å². The molecule has 0 saturated heterocycles. The monoisotopic (exact) mass is 407 g/mol. The van der Waals surface area contributed by atoms with E-state index in [4.69, 9.17) is 14.2 Å². The van der Waals surface area contributed by atoms with E-state index in [1.807, 2.05) is 27.7 Å². The summed E-state index contributed by atoms with van der Waals surface area (Å²) in [6.45, 7) is 13.0. The highest BCUT2D eigenvalue weighted by Crippen LogP contribution is 2.27. The molecule has 0 bridgehead atoms. The van der Waals surface area contributed by atoms with Crippen LogP contribution in [0, 0.1) is 5.92 Å². The summed E-state index contributed by atoms with van der Waals surface area (Å²) in [7, 11) is 0. The van der Waals surface area contributed by atoms with Crippen LogP contribution in [0.4, 0.5) is 5.69 Å². The van der Waals surface area contributed by atoms with E-state index in [1.54, 1.807) is 25.1 Å². The molecule has 1 N–H and O–H groups in total. The van der Waals surface area contributed by atoms with Crippen molar-refractivity contribution < 1.29 is 23.8 Å². The smallest absolute Gasteiger partial charge is 0.341 e. The molecule has 6 nitrogen and oxygen atoms in total. The number of nitrogens with one attached hydrogen (secondary N) is 1. The largest absolute Gasteiger partial charge is 0.492 e. The fourth-order valence-corrected chi connectivity index (χ4v) is 2.71. The van der Waals surface area contributed by atoms with Gasteiger partial charge in [-0.3, -0.25) is 4.79 Å². The number of esters is 1. The van der Waals surface area contributed by atoms with Crippen LogP contribution in [0.1, 0.15) is 77.6 Å². The maximum Gasteiger partial charge on any atom is 0.341 e. The van der Waals surface area contributed by atoms with Crippen molar-refractivity contribution in [1.82, 2.24) is 0 Å². The van der Waals surface area contributed by atoms with Crippen LogP contribution in [0.15, 0.2) is 18.2 Å². The van der Waals surface area contributed by atoms with E-state index < -0.39 is 11.6 Å². The maximum absolute atomic E-state index is 13.0. The van der Waals surface area contributed by atoms with Crippen molar-refractivity contribution in [3.05, 3.63) is 23.8 Å². The Morgan fingerprint density at radius 1 is 1.14 bits per heavy atom. The van der Waals surface area contributed by atoms with E-state index in [9.17, 15) is 9.59 Å². The summed E-state index contributed by atoms with van der Waals surface area (Å²) in [4.78, 5) is 25.4. The Morgan fingerprint density at radius 2 is 1.86 bits per heavy atom. The number of rotatable bonds is 13. The summed E-state index contributed by atoms with van der Waals surface area (Å²) in [6.07, 6.45) is 3.34. The van der Waals surface area contributed by atoms with Gasteiger partial charge in [0.2, 0.25) is 0 Å². The molecule has 6 heteroatoms. The van der Waals surface area contributed by atoms with E-state index in [1.165, 1.54) is 0 Å². The lowest BCUT2D eigenvalue weighted by Crippen LogP contribution is -2.43. The Labute approximate surface area is 175 Å². The van der Waals surface area contributed by atoms with Gasteiger partial charge < -0.3 is 19.5 Å². The number of carbonyl (C=O) groups excluding carboxylic acids is 2. The first kappa shape index (κ1) is 25.0. The van der Waals surface area contributed by atoms with Crippen LogP contribution in [0.2, 0.25) is 0 Å². The van der Waals surface area contributed by atoms with Crippen LogP contribution >= 0.6 is 0 Å². The summed E-state index contributed by atoms with van der Waals surface area (Å²) in [5, 5.41) is 2.90. The minimum absolute atomic E-state index is 0.218. The summed E-state index contributed by atoms with van der Waals surface area (Å²) >= 11 is 0. The molecule has 1 atom stereocenters. The second kappa shape index (κ2) is 12.5. The van der Waals surface area contributed by atoms with E-state index in [-0.39, 0.29) is 12.5 Å². The van der Waals surface area contributed by atoms with Gasteiger partial charge in [-0.25, -0.2) is 4.79 Å². The number of unbranched alkanes of at least 4 members (excludes halogenated alkanes) is 1. The first-order valence-corrected chi connectivity index (χ1v) is 10.7. The third kappa shape index (κ3) is 8.05. The number of hydrogen-bond donors (Lipinski definition) is 1. The molecule has 29 heavy (non-hydrogen) atoms. The van der Waals surface area contributed by atoms with Gasteiger partial charge in [-0.1, -0.05) is 40.5 Å². The first-order chi connectivity index (χ1) is 13.8. The fourth-order valence-electron chi connectivity index (χ4n) is 2.71. The molecule has 0 fully saturated rings. The van der Waals surface area contributed by atoms with Crippen LogP contribution < -0.4 is 10.1 Å². The van der Waals surface area contributed by atoms with Crippen LogP contribution in [-0.4, -0.2) is 37.3 Å². The zero-order valence-electron chi connectivity index (χ0n) is 18.8. The molecule has 0 spiro atoms. The van der Waals surface area contributed by atoms with Gasteiger partial charge >= 0.3 is 5.97 Å². The molecule has 1 rings (SSSR count). The van der Waals surface area contributed by atoms with Crippen LogP contribution in [0.5, 0.6) is 5.75 Å². The number of hydrogen-bond acceptors (Lipinski definition) is 5. The van der Waals surface area contributed by atoms with Crippen molar-refractivity contribution in [2.75, 3.05) is 25.1 Å². The normalized spacial score (nSPS) is 13.1. The van der Waals surface area contributed by atoms with E-state index in [2.05, 4.69) is 12.2 Å². The lowest BCUT2D eigenvalue weighted by atomic mass is 9.97. The molecule has 0 aliphatic heterocycles. The topological polar surface area (TPSA) is 73.9 Å². The van der Waals surface area contributed by atoms with Crippen molar-refractivity contribution in [3.8, 4) is 5.75 Å². The predicted octanol–water partition coefficient (Wildman–Crippen LogP) is 5.21. The molecule has 0 aromatic heterocycles. The number of carbonyl (C=O) groups is 2. The summed E-state index contributed by atoms with van der Waals surface area (Å²) in [5.41, 5.74) is -0.101. The minimum Gasteiger partial charge on any atom is -0.492 e. The van der Waals surface area contributed by atoms with Crippen molar-refractivity contribution in [1.29, 1.82) is 0 Å². The molecule has 1 aromatic rings. The van der Waals surface area contributed by atoms with Gasteiger partial charge in [0.05, 0.1) is 13.2 Å². The van der Waals surface area contributed by atoms with E-state index in [0.29, 0.717) is 42.6 Å². The highest BCUT2D eigenvalue weighted by Gasteiger charge is 2.33. The molecular formula is C23H37NO5. The molecule has 1 aromatic carbocycles. The highest BCUT2D eigenvalue weighted by atomic mass is 16.5. The Hall–Kier alpha value is -2.08. The van der Waals surface area contributed by atoms with Gasteiger partial charge in [-0.15, -0.1) is 0 Å². The number of benzene rings is 1. The molecule has 0 unspecified atom stereocenters. The van der Waals surface area contributed by atoms with Crippen LogP contribution in [0.25, 0.3) is 0 Å². The lowest BCUT2D eigenvalue weighted by molar-refractivity contribution is -0.140. The predicted molar refractivity (Wildman–Crippen MR) is 116 cm³/mol. The summed E-state index contributed by atoms with van der Waals surface area (Å²) in [5.74, 6) is 0.0777. The molecule has 164 valence electrons. The zero-order valence-corrected chi connectivity index (χ0v) is 18.8. The van der Waals surface area contributed by atoms with E-state index >= 15 is 0 Å². The quantitative estimate of drug-likeness (QED) is 0.454. The second-order valence-electron chi connectivity index (χ2n) is 7.77. The Balaban J connectivity index is 3.07. The SMILES string of the molecule is CCCC[C@](C)(OCCC)C(=O)Nc1ccc(OCC(C)C)c(C(=O)OCC)c1. The standard InChI is InChI=1S/C23H37NO5/c1-7-10-13-23(6,29-14-8-2)22(26)24-18-11-12-20(28-16-17(4)5)19(15-18)21(25)27-9-3/h11-12,15,17H,7-10,13-14,16H2,1-6H3,(H,24,26)/t23-/m0/s1. The third-order valence-electron chi connectivity index (χ3n) is 4.42. The molecule has 1 amide bonds. The fraction of sp³-hybridized carbons (Fsp3) is 0.652. The van der Waals surface area contributed by atoms with Gasteiger partial charge in [0.1, 0.15) is 16.9 Å². The molecule has 0 aliphatic carbocycles. The molecule has 0 saturated carbocycles. The average Bonchev–Trinajstić information content (AvgIpc) is 2.69. The molecule has 0 radical (unpaired) electrons. The van der Waals surface area contributed by atoms with Crippen LogP contribution in [0.3, 0.4) is 0 Å². The average molecular weight is 408 g/mol. The van der Waals surface area contributed by atoms with Gasteiger partial charge in [0, 0.05) is 12.3 Å². The van der Waals surface area contributed by atoms with Gasteiger partial charge in [-0.2, -0.15) is 0 Å². The van der Waals surface area contributed by atoms with Crippen molar-refractivity contribution in [2.45, 2.75) is 72.8 Å². The Kier molecular flexibility index (Phi) is 10.7.